The van der Waals surface area contributed by atoms with Crippen molar-refractivity contribution in [2.45, 2.75) is 38.1 Å². The van der Waals surface area contributed by atoms with Crippen LogP contribution in [-0.4, -0.2) is 43.6 Å². The van der Waals surface area contributed by atoms with E-state index >= 15 is 0 Å². The molecule has 1 aliphatic rings. The largest absolute Gasteiger partial charge is 0.410 e. The number of nitrogens with one attached hydrogen (secondary N) is 1. The minimum atomic E-state index is -4.49. The van der Waals surface area contributed by atoms with Crippen LogP contribution in [0.25, 0.3) is 0 Å². The standard InChI is InChI=1S/C21H23F3N6O/c1-13-15(12-29(3)26-13)11-28(2)20(31)17-10-19-25-16(14-7-5-4-6-8-14)9-18(21(22,23)24)30(19)27-17/h4-8,10,12,16,18,25H,9,11H2,1-3H3/t16-,18-/m1/s1. The maximum atomic E-state index is 13.8. The van der Waals surface area contributed by atoms with E-state index in [1.165, 1.54) is 11.0 Å². The molecule has 0 saturated heterocycles. The molecule has 31 heavy (non-hydrogen) atoms. The van der Waals surface area contributed by atoms with E-state index in [4.69, 9.17) is 0 Å². The number of halogens is 3. The summed E-state index contributed by atoms with van der Waals surface area (Å²) in [7, 11) is 3.38. The van der Waals surface area contributed by atoms with E-state index in [0.29, 0.717) is 0 Å². The Morgan fingerprint density at radius 3 is 2.58 bits per heavy atom. The highest BCUT2D eigenvalue weighted by Crippen LogP contribution is 2.43. The fraction of sp³-hybridized carbons (Fsp3) is 0.381. The molecule has 4 rings (SSSR count). The highest BCUT2D eigenvalue weighted by atomic mass is 19.4. The maximum absolute atomic E-state index is 13.8. The van der Waals surface area contributed by atoms with Crippen LogP contribution in [0.5, 0.6) is 0 Å². The van der Waals surface area contributed by atoms with Gasteiger partial charge in [0.05, 0.1) is 11.7 Å². The number of carbonyl (C=O) groups is 1. The zero-order valence-corrected chi connectivity index (χ0v) is 17.4. The van der Waals surface area contributed by atoms with Gasteiger partial charge in [0.2, 0.25) is 0 Å². The summed E-state index contributed by atoms with van der Waals surface area (Å²) < 4.78 is 44.0. The molecule has 0 radical (unpaired) electrons. The summed E-state index contributed by atoms with van der Waals surface area (Å²) in [6.45, 7) is 2.12. The van der Waals surface area contributed by atoms with Crippen LogP contribution in [0.15, 0.2) is 42.6 Å². The molecule has 1 N–H and O–H groups in total. The lowest BCUT2D eigenvalue weighted by atomic mass is 9.97. The maximum Gasteiger partial charge on any atom is 0.410 e. The number of hydrogen-bond acceptors (Lipinski definition) is 4. The van der Waals surface area contributed by atoms with Gasteiger partial charge in [0, 0.05) is 44.9 Å². The normalized spacial score (nSPS) is 18.4. The van der Waals surface area contributed by atoms with E-state index in [-0.39, 0.29) is 24.5 Å². The number of benzene rings is 1. The van der Waals surface area contributed by atoms with Crippen LogP contribution in [0, 0.1) is 6.92 Å². The topological polar surface area (TPSA) is 68.0 Å². The quantitative estimate of drug-likeness (QED) is 0.680. The first-order valence-electron chi connectivity index (χ1n) is 9.86. The van der Waals surface area contributed by atoms with Crippen LogP contribution in [-0.2, 0) is 13.6 Å². The number of hydrogen-bond donors (Lipinski definition) is 1. The molecule has 0 fully saturated rings. The van der Waals surface area contributed by atoms with E-state index in [2.05, 4.69) is 15.5 Å². The lowest BCUT2D eigenvalue weighted by Crippen LogP contribution is -2.35. The predicted molar refractivity (Wildman–Crippen MR) is 108 cm³/mol. The van der Waals surface area contributed by atoms with Gasteiger partial charge in [-0.3, -0.25) is 9.48 Å². The van der Waals surface area contributed by atoms with E-state index < -0.39 is 24.2 Å². The Morgan fingerprint density at radius 1 is 1.26 bits per heavy atom. The second-order valence-electron chi connectivity index (χ2n) is 7.83. The van der Waals surface area contributed by atoms with Crippen molar-refractivity contribution in [3.63, 3.8) is 0 Å². The van der Waals surface area contributed by atoms with Gasteiger partial charge in [-0.25, -0.2) is 4.68 Å². The van der Waals surface area contributed by atoms with E-state index in [1.807, 2.05) is 19.2 Å². The number of alkyl halides is 3. The SMILES string of the molecule is Cc1nn(C)cc1CN(C)C(=O)c1cc2n(n1)[C@@H](C(F)(F)F)C[C@H](c1ccccc1)N2. The van der Waals surface area contributed by atoms with Gasteiger partial charge in [-0.2, -0.15) is 23.4 Å². The molecule has 1 aliphatic heterocycles. The van der Waals surface area contributed by atoms with Crippen LogP contribution in [0.4, 0.5) is 19.0 Å². The second-order valence-corrected chi connectivity index (χ2v) is 7.83. The summed E-state index contributed by atoms with van der Waals surface area (Å²) in [6, 6.07) is 8.00. The lowest BCUT2D eigenvalue weighted by molar-refractivity contribution is -0.173. The molecule has 10 heteroatoms. The summed E-state index contributed by atoms with van der Waals surface area (Å²) in [6.07, 6.45) is -2.89. The van der Waals surface area contributed by atoms with E-state index in [1.54, 1.807) is 43.0 Å². The molecular weight excluding hydrogens is 409 g/mol. The third kappa shape index (κ3) is 4.14. The van der Waals surface area contributed by atoms with Crippen molar-refractivity contribution in [2.24, 2.45) is 7.05 Å². The second kappa shape index (κ2) is 7.75. The molecule has 2 aromatic heterocycles. The van der Waals surface area contributed by atoms with Crippen LogP contribution in [0.2, 0.25) is 0 Å². The van der Waals surface area contributed by atoms with Crippen molar-refractivity contribution in [2.75, 3.05) is 12.4 Å². The van der Waals surface area contributed by atoms with Crippen molar-refractivity contribution >= 4 is 11.7 Å². The molecule has 164 valence electrons. The summed E-state index contributed by atoms with van der Waals surface area (Å²) in [5.41, 5.74) is 2.37. The Labute approximate surface area is 177 Å². The fourth-order valence-electron chi connectivity index (χ4n) is 3.91. The zero-order chi connectivity index (χ0) is 22.3. The van der Waals surface area contributed by atoms with Crippen molar-refractivity contribution in [1.82, 2.24) is 24.5 Å². The molecule has 2 atom stereocenters. The molecule has 7 nitrogen and oxygen atoms in total. The Morgan fingerprint density at radius 2 is 1.97 bits per heavy atom. The first kappa shape index (κ1) is 21.0. The smallest absolute Gasteiger partial charge is 0.363 e. The van der Waals surface area contributed by atoms with Crippen molar-refractivity contribution in [1.29, 1.82) is 0 Å². The molecular formula is C21H23F3N6O. The summed E-state index contributed by atoms with van der Waals surface area (Å²) in [4.78, 5) is 14.3. The van der Waals surface area contributed by atoms with Gasteiger partial charge >= 0.3 is 6.18 Å². The average Bonchev–Trinajstić information content (AvgIpc) is 3.28. The fourth-order valence-corrected chi connectivity index (χ4v) is 3.91. The molecule has 0 aliphatic carbocycles. The summed E-state index contributed by atoms with van der Waals surface area (Å²) in [5, 5.41) is 11.4. The van der Waals surface area contributed by atoms with Crippen LogP contribution < -0.4 is 5.32 Å². The molecule has 0 spiro atoms. The van der Waals surface area contributed by atoms with Gasteiger partial charge in [0.25, 0.3) is 5.91 Å². The van der Waals surface area contributed by atoms with E-state index in [9.17, 15) is 18.0 Å². The highest BCUT2D eigenvalue weighted by molar-refractivity contribution is 5.93. The van der Waals surface area contributed by atoms with Gasteiger partial charge in [0.15, 0.2) is 11.7 Å². The first-order valence-corrected chi connectivity index (χ1v) is 9.86. The van der Waals surface area contributed by atoms with Gasteiger partial charge in [-0.15, -0.1) is 0 Å². The Kier molecular flexibility index (Phi) is 5.24. The van der Waals surface area contributed by atoms with Gasteiger partial charge in [-0.05, 0) is 12.5 Å². The number of fused-ring (bicyclic) bond motifs is 1. The van der Waals surface area contributed by atoms with Crippen molar-refractivity contribution in [3.8, 4) is 0 Å². The molecule has 3 aromatic rings. The van der Waals surface area contributed by atoms with Gasteiger partial charge < -0.3 is 10.2 Å². The number of rotatable bonds is 4. The summed E-state index contributed by atoms with van der Waals surface area (Å²) >= 11 is 0. The highest BCUT2D eigenvalue weighted by Gasteiger charge is 2.46. The lowest BCUT2D eigenvalue weighted by Gasteiger charge is -2.33. The van der Waals surface area contributed by atoms with Crippen LogP contribution in [0.3, 0.4) is 0 Å². The Hall–Kier alpha value is -3.30. The molecule has 0 unspecified atom stereocenters. The van der Waals surface area contributed by atoms with E-state index in [0.717, 1.165) is 21.5 Å². The van der Waals surface area contributed by atoms with Crippen molar-refractivity contribution in [3.05, 3.63) is 65.1 Å². The average molecular weight is 432 g/mol. The zero-order valence-electron chi connectivity index (χ0n) is 17.4. The van der Waals surface area contributed by atoms with Crippen molar-refractivity contribution < 1.29 is 18.0 Å². The number of anilines is 1. The molecule has 1 aromatic carbocycles. The number of nitrogens with zero attached hydrogens (tertiary/aromatic N) is 5. The van der Waals surface area contributed by atoms with Gasteiger partial charge in [-0.1, -0.05) is 30.3 Å². The van der Waals surface area contributed by atoms with Crippen LogP contribution >= 0.6 is 0 Å². The molecule has 0 bridgehead atoms. The minimum absolute atomic E-state index is 0.0329. The molecule has 0 saturated carbocycles. The first-order chi connectivity index (χ1) is 14.6. The third-order valence-electron chi connectivity index (χ3n) is 5.48. The van der Waals surface area contributed by atoms with Crippen LogP contribution in [0.1, 0.15) is 45.8 Å². The molecule has 1 amide bonds. The Balaban J connectivity index is 1.61. The number of amides is 1. The number of aromatic nitrogens is 4. The minimum Gasteiger partial charge on any atom is -0.363 e. The predicted octanol–water partition coefficient (Wildman–Crippen LogP) is 3.86. The number of carbonyl (C=O) groups excluding carboxylic acids is 1. The molecule has 3 heterocycles. The number of aryl methyl sites for hydroxylation is 2. The third-order valence-corrected chi connectivity index (χ3v) is 5.48. The monoisotopic (exact) mass is 432 g/mol. The van der Waals surface area contributed by atoms with Gasteiger partial charge in [0.1, 0.15) is 5.82 Å². The Bertz CT molecular complexity index is 1090. The summed E-state index contributed by atoms with van der Waals surface area (Å²) in [5.74, 6) is -0.277.